The molecule has 0 aromatic carbocycles. The van der Waals surface area contributed by atoms with Crippen molar-refractivity contribution in [1.82, 2.24) is 9.97 Å². The van der Waals surface area contributed by atoms with Crippen LogP contribution in [0.1, 0.15) is 38.2 Å². The van der Waals surface area contributed by atoms with Crippen LogP contribution in [0.3, 0.4) is 0 Å². The maximum atomic E-state index is 5.73. The summed E-state index contributed by atoms with van der Waals surface area (Å²) in [6, 6.07) is 0.607. The summed E-state index contributed by atoms with van der Waals surface area (Å²) in [6.45, 7) is 3.31. The van der Waals surface area contributed by atoms with Gasteiger partial charge in [-0.25, -0.2) is 9.97 Å². The van der Waals surface area contributed by atoms with Crippen LogP contribution in [0, 0.1) is 0 Å². The fourth-order valence-electron chi connectivity index (χ4n) is 2.25. The number of rotatable bonds is 3. The number of alkyl halides is 1. The minimum Gasteiger partial charge on any atom is -0.338 e. The molecule has 1 saturated heterocycles. The van der Waals surface area contributed by atoms with Gasteiger partial charge in [-0.1, -0.05) is 6.92 Å². The van der Waals surface area contributed by atoms with Crippen molar-refractivity contribution in [2.45, 2.75) is 44.5 Å². The van der Waals surface area contributed by atoms with E-state index in [1.165, 1.54) is 25.7 Å². The quantitative estimate of drug-likeness (QED) is 0.760. The van der Waals surface area contributed by atoms with Gasteiger partial charge in [-0.2, -0.15) is 0 Å². The van der Waals surface area contributed by atoms with Crippen molar-refractivity contribution in [3.63, 3.8) is 0 Å². The number of nitrogens with zero attached hydrogens (tertiary/aromatic N) is 3. The minimum atomic E-state index is 0.484. The first-order valence-corrected chi connectivity index (χ1v) is 6.52. The van der Waals surface area contributed by atoms with Gasteiger partial charge in [0.15, 0.2) is 0 Å². The summed E-state index contributed by atoms with van der Waals surface area (Å²) in [5.41, 5.74) is 0.982. The van der Waals surface area contributed by atoms with Crippen molar-refractivity contribution in [2.24, 2.45) is 0 Å². The Hall–Kier alpha value is -0.830. The van der Waals surface area contributed by atoms with Gasteiger partial charge in [-0.05, 0) is 25.7 Å². The lowest BCUT2D eigenvalue weighted by Crippen LogP contribution is -2.40. The monoisotopic (exact) mass is 239 g/mol. The molecule has 0 spiro atoms. The van der Waals surface area contributed by atoms with Crippen molar-refractivity contribution < 1.29 is 0 Å². The van der Waals surface area contributed by atoms with Crippen LogP contribution in [-0.2, 0) is 5.88 Å². The third kappa shape index (κ3) is 2.46. The lowest BCUT2D eigenvalue weighted by atomic mass is 10.0. The van der Waals surface area contributed by atoms with Crippen molar-refractivity contribution in [1.29, 1.82) is 0 Å². The van der Waals surface area contributed by atoms with Crippen LogP contribution in [0.25, 0.3) is 0 Å². The van der Waals surface area contributed by atoms with Crippen molar-refractivity contribution in [2.75, 3.05) is 11.4 Å². The van der Waals surface area contributed by atoms with Crippen molar-refractivity contribution in [3.8, 4) is 0 Å². The van der Waals surface area contributed by atoms with E-state index in [2.05, 4.69) is 21.8 Å². The molecule has 2 heterocycles. The zero-order chi connectivity index (χ0) is 11.4. The molecule has 0 amide bonds. The maximum absolute atomic E-state index is 5.73. The van der Waals surface area contributed by atoms with E-state index in [1.807, 2.05) is 12.4 Å². The van der Waals surface area contributed by atoms with Gasteiger partial charge in [-0.15, -0.1) is 11.6 Å². The summed E-state index contributed by atoms with van der Waals surface area (Å²) < 4.78 is 0. The predicted octanol–water partition coefficient (Wildman–Crippen LogP) is 2.98. The normalized spacial score (nSPS) is 21.1. The smallest absolute Gasteiger partial charge is 0.225 e. The molecule has 1 aliphatic heterocycles. The molecule has 3 nitrogen and oxygen atoms in total. The van der Waals surface area contributed by atoms with Gasteiger partial charge in [0.25, 0.3) is 0 Å². The zero-order valence-corrected chi connectivity index (χ0v) is 10.5. The third-order valence-electron chi connectivity index (χ3n) is 3.20. The van der Waals surface area contributed by atoms with E-state index in [0.717, 1.165) is 18.1 Å². The predicted molar refractivity (Wildman–Crippen MR) is 66.9 cm³/mol. The van der Waals surface area contributed by atoms with Gasteiger partial charge in [0.1, 0.15) is 0 Å². The summed E-state index contributed by atoms with van der Waals surface area (Å²) in [6.07, 6.45) is 8.66. The molecule has 0 bridgehead atoms. The SMILES string of the molecule is CCC1CCCCN1c1ncc(CCl)cn1. The first kappa shape index (κ1) is 11.6. The molecule has 0 radical (unpaired) electrons. The Labute approximate surface area is 102 Å². The van der Waals surface area contributed by atoms with Crippen LogP contribution < -0.4 is 4.90 Å². The number of anilines is 1. The highest BCUT2D eigenvalue weighted by Crippen LogP contribution is 2.23. The van der Waals surface area contributed by atoms with Crippen LogP contribution in [0.4, 0.5) is 5.95 Å². The zero-order valence-electron chi connectivity index (χ0n) is 9.69. The maximum Gasteiger partial charge on any atom is 0.225 e. The highest BCUT2D eigenvalue weighted by molar-refractivity contribution is 6.17. The summed E-state index contributed by atoms with van der Waals surface area (Å²) >= 11 is 5.73. The molecular weight excluding hydrogens is 222 g/mol. The highest BCUT2D eigenvalue weighted by atomic mass is 35.5. The van der Waals surface area contributed by atoms with Crippen LogP contribution in [0.2, 0.25) is 0 Å². The molecule has 0 N–H and O–H groups in total. The lowest BCUT2D eigenvalue weighted by molar-refractivity contribution is 0.443. The molecule has 1 fully saturated rings. The lowest BCUT2D eigenvalue weighted by Gasteiger charge is -2.35. The van der Waals surface area contributed by atoms with E-state index >= 15 is 0 Å². The Balaban J connectivity index is 2.14. The van der Waals surface area contributed by atoms with E-state index in [4.69, 9.17) is 11.6 Å². The second-order valence-corrected chi connectivity index (χ2v) is 4.54. The largest absolute Gasteiger partial charge is 0.338 e. The topological polar surface area (TPSA) is 29.0 Å². The summed E-state index contributed by atoms with van der Waals surface area (Å²) in [5.74, 6) is 1.35. The number of halogens is 1. The standard InChI is InChI=1S/C12H18ClN3/c1-2-11-5-3-4-6-16(11)12-14-8-10(7-13)9-15-12/h8-9,11H,2-7H2,1H3. The Morgan fingerprint density at radius 1 is 1.38 bits per heavy atom. The average Bonchev–Trinajstić information content (AvgIpc) is 2.39. The molecule has 4 heteroatoms. The van der Waals surface area contributed by atoms with Gasteiger partial charge >= 0.3 is 0 Å². The molecule has 1 unspecified atom stereocenters. The first-order valence-electron chi connectivity index (χ1n) is 5.98. The van der Waals surface area contributed by atoms with Gasteiger partial charge in [0.05, 0.1) is 5.88 Å². The minimum absolute atomic E-state index is 0.484. The summed E-state index contributed by atoms with van der Waals surface area (Å²) in [4.78, 5) is 11.1. The Kier molecular flexibility index (Phi) is 3.99. The van der Waals surface area contributed by atoms with Gasteiger partial charge in [-0.3, -0.25) is 0 Å². The molecule has 16 heavy (non-hydrogen) atoms. The molecule has 88 valence electrons. The summed E-state index contributed by atoms with van der Waals surface area (Å²) in [7, 11) is 0. The summed E-state index contributed by atoms with van der Waals surface area (Å²) in [5, 5.41) is 0. The van der Waals surface area contributed by atoms with Crippen LogP contribution in [0.15, 0.2) is 12.4 Å². The van der Waals surface area contributed by atoms with Gasteiger partial charge in [0, 0.05) is 30.5 Å². The fraction of sp³-hybridized carbons (Fsp3) is 0.667. The van der Waals surface area contributed by atoms with E-state index in [9.17, 15) is 0 Å². The van der Waals surface area contributed by atoms with Gasteiger partial charge in [0.2, 0.25) is 5.95 Å². The Morgan fingerprint density at radius 3 is 2.75 bits per heavy atom. The highest BCUT2D eigenvalue weighted by Gasteiger charge is 2.22. The number of aromatic nitrogens is 2. The molecule has 1 aromatic rings. The molecule has 2 rings (SSSR count). The molecule has 1 aromatic heterocycles. The molecular formula is C12H18ClN3. The number of hydrogen-bond acceptors (Lipinski definition) is 3. The van der Waals surface area contributed by atoms with Gasteiger partial charge < -0.3 is 4.90 Å². The number of piperidine rings is 1. The molecule has 1 aliphatic rings. The van der Waals surface area contributed by atoms with E-state index < -0.39 is 0 Å². The van der Waals surface area contributed by atoms with Crippen LogP contribution in [-0.4, -0.2) is 22.6 Å². The van der Waals surface area contributed by atoms with E-state index in [1.54, 1.807) is 0 Å². The fourth-order valence-corrected chi connectivity index (χ4v) is 2.39. The Morgan fingerprint density at radius 2 is 2.12 bits per heavy atom. The first-order chi connectivity index (χ1) is 7.85. The second kappa shape index (κ2) is 5.48. The second-order valence-electron chi connectivity index (χ2n) is 4.28. The molecule has 0 saturated carbocycles. The van der Waals surface area contributed by atoms with Crippen LogP contribution in [0.5, 0.6) is 0 Å². The van der Waals surface area contributed by atoms with E-state index in [0.29, 0.717) is 11.9 Å². The van der Waals surface area contributed by atoms with Crippen molar-refractivity contribution >= 4 is 17.5 Å². The third-order valence-corrected chi connectivity index (χ3v) is 3.51. The molecule has 1 atom stereocenters. The Bertz CT molecular complexity index is 326. The van der Waals surface area contributed by atoms with Crippen LogP contribution >= 0.6 is 11.6 Å². The molecule has 0 aliphatic carbocycles. The average molecular weight is 240 g/mol. The van der Waals surface area contributed by atoms with E-state index in [-0.39, 0.29) is 0 Å². The number of hydrogen-bond donors (Lipinski definition) is 0. The van der Waals surface area contributed by atoms with Crippen molar-refractivity contribution in [3.05, 3.63) is 18.0 Å².